The largest absolute Gasteiger partial charge is 0.374 e. The Kier molecular flexibility index (Phi) is 4.22. The van der Waals surface area contributed by atoms with Gasteiger partial charge in [-0.3, -0.25) is 0 Å². The van der Waals surface area contributed by atoms with Crippen LogP contribution in [0.2, 0.25) is 0 Å². The molecule has 0 spiro atoms. The molecule has 1 unspecified atom stereocenters. The van der Waals surface area contributed by atoms with Crippen LogP contribution in [-0.2, 0) is 11.3 Å². The highest BCUT2D eigenvalue weighted by atomic mass is 16.5. The molecule has 0 bridgehead atoms. The van der Waals surface area contributed by atoms with Gasteiger partial charge in [-0.05, 0) is 6.92 Å². The molecule has 0 aliphatic heterocycles. The summed E-state index contributed by atoms with van der Waals surface area (Å²) in [7, 11) is 3.35. The fraction of sp³-hybridized carbons (Fsp3) is 0.417. The van der Waals surface area contributed by atoms with Crippen molar-refractivity contribution in [1.82, 2.24) is 20.1 Å². The molecule has 0 amide bonds. The molecule has 0 saturated heterocycles. The maximum Gasteiger partial charge on any atom is 0.246 e. The third-order valence-corrected chi connectivity index (χ3v) is 2.72. The fourth-order valence-electron chi connectivity index (χ4n) is 1.57. The van der Waals surface area contributed by atoms with E-state index in [9.17, 15) is 0 Å². The minimum atomic E-state index is -0.232. The van der Waals surface area contributed by atoms with E-state index in [4.69, 9.17) is 14.5 Å². The van der Waals surface area contributed by atoms with Gasteiger partial charge in [0.25, 0.3) is 0 Å². The van der Waals surface area contributed by atoms with Crippen molar-refractivity contribution in [3.8, 4) is 6.07 Å². The van der Waals surface area contributed by atoms with Crippen molar-refractivity contribution in [3.05, 3.63) is 29.8 Å². The first-order chi connectivity index (χ1) is 9.65. The Morgan fingerprint density at radius 3 is 2.90 bits per heavy atom. The number of hydrogen-bond donors (Lipinski definition) is 0. The van der Waals surface area contributed by atoms with Crippen LogP contribution in [0.25, 0.3) is 0 Å². The van der Waals surface area contributed by atoms with Crippen molar-refractivity contribution in [2.75, 3.05) is 19.1 Å². The summed E-state index contributed by atoms with van der Waals surface area (Å²) in [5.41, 5.74) is 0.250. The maximum absolute atomic E-state index is 9.00. The van der Waals surface area contributed by atoms with Crippen molar-refractivity contribution >= 4 is 5.82 Å². The molecule has 2 rings (SSSR count). The van der Waals surface area contributed by atoms with Crippen LogP contribution < -0.4 is 4.90 Å². The quantitative estimate of drug-likeness (QED) is 0.798. The predicted molar refractivity (Wildman–Crippen MR) is 68.6 cm³/mol. The lowest BCUT2D eigenvalue weighted by Crippen LogP contribution is -2.19. The molecular weight excluding hydrogens is 260 g/mol. The van der Waals surface area contributed by atoms with E-state index in [0.29, 0.717) is 24.1 Å². The minimum Gasteiger partial charge on any atom is -0.374 e. The summed E-state index contributed by atoms with van der Waals surface area (Å²) in [4.78, 5) is 14.0. The monoisotopic (exact) mass is 274 g/mol. The van der Waals surface area contributed by atoms with Gasteiger partial charge in [-0.15, -0.1) is 0 Å². The van der Waals surface area contributed by atoms with E-state index in [0.717, 1.165) is 0 Å². The van der Waals surface area contributed by atoms with Crippen LogP contribution in [0, 0.1) is 11.3 Å². The zero-order chi connectivity index (χ0) is 14.5. The summed E-state index contributed by atoms with van der Waals surface area (Å²) in [6.45, 7) is 2.16. The molecular formula is C12H14N6O2. The third kappa shape index (κ3) is 2.89. The molecule has 104 valence electrons. The van der Waals surface area contributed by atoms with E-state index in [1.165, 1.54) is 12.4 Å². The van der Waals surface area contributed by atoms with Crippen LogP contribution in [0.4, 0.5) is 5.82 Å². The van der Waals surface area contributed by atoms with E-state index in [1.54, 1.807) is 19.1 Å². The van der Waals surface area contributed by atoms with Crippen molar-refractivity contribution < 1.29 is 9.26 Å². The average Bonchev–Trinajstić information content (AvgIpc) is 2.94. The second kappa shape index (κ2) is 6.08. The summed E-state index contributed by atoms with van der Waals surface area (Å²) in [6, 6.07) is 1.99. The van der Waals surface area contributed by atoms with Gasteiger partial charge in [-0.2, -0.15) is 10.2 Å². The Balaban J connectivity index is 2.14. The van der Waals surface area contributed by atoms with Crippen LogP contribution in [0.15, 0.2) is 16.9 Å². The molecule has 0 aliphatic carbocycles. The highest BCUT2D eigenvalue weighted by molar-refractivity contribution is 5.48. The molecule has 8 nitrogen and oxygen atoms in total. The first kappa shape index (κ1) is 13.9. The van der Waals surface area contributed by atoms with Gasteiger partial charge in [0.05, 0.1) is 6.54 Å². The average molecular weight is 274 g/mol. The standard InChI is InChI=1S/C12H14N6O2/c1-8(19-3)11-16-10(20-17-11)7-18(2)12-9(6-13)14-4-5-15-12/h4-5,8H,7H2,1-3H3. The Morgan fingerprint density at radius 2 is 2.20 bits per heavy atom. The van der Waals surface area contributed by atoms with Crippen LogP contribution in [0.3, 0.4) is 0 Å². The molecule has 0 fully saturated rings. The number of rotatable bonds is 5. The summed E-state index contributed by atoms with van der Waals surface area (Å²) in [5.74, 6) is 1.37. The lowest BCUT2D eigenvalue weighted by molar-refractivity contribution is 0.109. The molecule has 2 aromatic rings. The van der Waals surface area contributed by atoms with E-state index in [-0.39, 0.29) is 11.8 Å². The smallest absolute Gasteiger partial charge is 0.246 e. The van der Waals surface area contributed by atoms with E-state index in [1.807, 2.05) is 13.0 Å². The van der Waals surface area contributed by atoms with Gasteiger partial charge in [0, 0.05) is 26.6 Å². The SMILES string of the molecule is COC(C)c1noc(CN(C)c2nccnc2C#N)n1. The van der Waals surface area contributed by atoms with Crippen molar-refractivity contribution in [2.24, 2.45) is 0 Å². The first-order valence-electron chi connectivity index (χ1n) is 5.93. The van der Waals surface area contributed by atoms with Crippen LogP contribution in [0.5, 0.6) is 0 Å². The van der Waals surface area contributed by atoms with Gasteiger partial charge in [0.2, 0.25) is 5.89 Å². The normalized spacial score (nSPS) is 11.9. The molecule has 0 aromatic carbocycles. The number of methoxy groups -OCH3 is 1. The number of ether oxygens (including phenoxy) is 1. The highest BCUT2D eigenvalue weighted by Gasteiger charge is 2.16. The molecule has 20 heavy (non-hydrogen) atoms. The van der Waals surface area contributed by atoms with E-state index < -0.39 is 0 Å². The van der Waals surface area contributed by atoms with Crippen LogP contribution >= 0.6 is 0 Å². The molecule has 2 aromatic heterocycles. The Hall–Kier alpha value is -2.53. The first-order valence-corrected chi connectivity index (χ1v) is 5.93. The number of nitrogens with zero attached hydrogens (tertiary/aromatic N) is 6. The summed E-state index contributed by atoms with van der Waals surface area (Å²) in [6.07, 6.45) is 2.77. The predicted octanol–water partition coefficient (Wildman–Crippen LogP) is 1.08. The molecule has 0 saturated carbocycles. The second-order valence-corrected chi connectivity index (χ2v) is 4.12. The lowest BCUT2D eigenvalue weighted by Gasteiger charge is -2.15. The van der Waals surface area contributed by atoms with Crippen LogP contribution in [-0.4, -0.2) is 34.3 Å². The number of aromatic nitrogens is 4. The van der Waals surface area contributed by atoms with Gasteiger partial charge in [0.1, 0.15) is 12.2 Å². The minimum absolute atomic E-state index is 0.232. The van der Waals surface area contributed by atoms with E-state index >= 15 is 0 Å². The third-order valence-electron chi connectivity index (χ3n) is 2.72. The molecule has 1 atom stereocenters. The van der Waals surface area contributed by atoms with Gasteiger partial charge >= 0.3 is 0 Å². The molecule has 8 heteroatoms. The maximum atomic E-state index is 9.00. The molecule has 0 N–H and O–H groups in total. The summed E-state index contributed by atoms with van der Waals surface area (Å²) < 4.78 is 10.3. The Labute approximate surface area is 116 Å². The zero-order valence-corrected chi connectivity index (χ0v) is 11.4. The van der Waals surface area contributed by atoms with Gasteiger partial charge in [0.15, 0.2) is 17.3 Å². The van der Waals surface area contributed by atoms with Crippen molar-refractivity contribution in [1.29, 1.82) is 5.26 Å². The van der Waals surface area contributed by atoms with Gasteiger partial charge < -0.3 is 14.2 Å². The van der Waals surface area contributed by atoms with E-state index in [2.05, 4.69) is 20.1 Å². The lowest BCUT2D eigenvalue weighted by atomic mass is 10.4. The Bertz CT molecular complexity index is 620. The number of anilines is 1. The Morgan fingerprint density at radius 1 is 1.45 bits per heavy atom. The molecule has 0 aliphatic rings. The summed E-state index contributed by atoms with van der Waals surface area (Å²) in [5, 5.41) is 12.8. The number of nitriles is 1. The van der Waals surface area contributed by atoms with Crippen LogP contribution in [0.1, 0.15) is 30.4 Å². The van der Waals surface area contributed by atoms with Gasteiger partial charge in [-0.1, -0.05) is 5.16 Å². The topological polar surface area (TPSA) is 101 Å². The molecule has 0 radical (unpaired) electrons. The highest BCUT2D eigenvalue weighted by Crippen LogP contribution is 2.16. The summed E-state index contributed by atoms with van der Waals surface area (Å²) >= 11 is 0. The zero-order valence-electron chi connectivity index (χ0n) is 11.4. The number of hydrogen-bond acceptors (Lipinski definition) is 8. The van der Waals surface area contributed by atoms with Gasteiger partial charge in [-0.25, -0.2) is 9.97 Å². The van der Waals surface area contributed by atoms with Crippen molar-refractivity contribution in [2.45, 2.75) is 19.6 Å². The van der Waals surface area contributed by atoms with Crippen molar-refractivity contribution in [3.63, 3.8) is 0 Å². The second-order valence-electron chi connectivity index (χ2n) is 4.12. The molecule has 2 heterocycles. The fourth-order valence-corrected chi connectivity index (χ4v) is 1.57.